The summed E-state index contributed by atoms with van der Waals surface area (Å²) < 4.78 is 8.66. The number of carbonyl (C=O) groups excluding carboxylic acids is 2. The fraction of sp³-hybridized carbons (Fsp3) is 0.667. The van der Waals surface area contributed by atoms with Crippen LogP contribution >= 0.6 is 0 Å². The molecule has 1 amide bonds. The molecule has 1 aliphatic rings. The highest BCUT2D eigenvalue weighted by Gasteiger charge is 2.28. The first kappa shape index (κ1) is 24.0. The van der Waals surface area contributed by atoms with E-state index in [2.05, 4.69) is 10.3 Å². The fourth-order valence-electron chi connectivity index (χ4n) is 4.24. The van der Waals surface area contributed by atoms with Gasteiger partial charge in [0.2, 0.25) is 5.91 Å². The normalized spacial score (nSPS) is 17.2. The molecule has 1 saturated heterocycles. The summed E-state index contributed by atoms with van der Waals surface area (Å²) in [6.45, 7) is 6.88. The lowest BCUT2D eigenvalue weighted by atomic mass is 10.1. The number of nitrogens with one attached hydrogen (secondary N) is 1. The Hall–Kier alpha value is -2.64. The van der Waals surface area contributed by atoms with Crippen LogP contribution < -0.4 is 11.0 Å². The van der Waals surface area contributed by atoms with E-state index >= 15 is 0 Å². The van der Waals surface area contributed by atoms with E-state index < -0.39 is 11.6 Å². The van der Waals surface area contributed by atoms with Crippen LogP contribution in [0.4, 0.5) is 0 Å². The van der Waals surface area contributed by atoms with Gasteiger partial charge in [0.15, 0.2) is 5.65 Å². The molecule has 3 heterocycles. The van der Waals surface area contributed by atoms with Gasteiger partial charge >= 0.3 is 11.7 Å². The summed E-state index contributed by atoms with van der Waals surface area (Å²) in [6.07, 6.45) is 9.19. The average molecular weight is 445 g/mol. The first-order chi connectivity index (χ1) is 15.3. The number of hydrogen-bond donors (Lipinski definition) is 1. The lowest BCUT2D eigenvalue weighted by Crippen LogP contribution is -2.36. The van der Waals surface area contributed by atoms with E-state index in [-0.39, 0.29) is 17.6 Å². The maximum atomic E-state index is 13.3. The fourth-order valence-corrected chi connectivity index (χ4v) is 4.24. The molecule has 8 heteroatoms. The number of ether oxygens (including phenoxy) is 1. The topological polar surface area (TPSA) is 95.2 Å². The number of aromatic nitrogens is 3. The van der Waals surface area contributed by atoms with Crippen LogP contribution in [0.2, 0.25) is 0 Å². The molecule has 32 heavy (non-hydrogen) atoms. The predicted octanol–water partition coefficient (Wildman–Crippen LogP) is 3.72. The third-order valence-electron chi connectivity index (χ3n) is 5.72. The van der Waals surface area contributed by atoms with Gasteiger partial charge in [0, 0.05) is 25.7 Å². The second kappa shape index (κ2) is 10.8. The van der Waals surface area contributed by atoms with E-state index in [1.165, 1.54) is 0 Å². The van der Waals surface area contributed by atoms with Crippen LogP contribution in [0.5, 0.6) is 0 Å². The van der Waals surface area contributed by atoms with Gasteiger partial charge in [-0.05, 0) is 65.0 Å². The van der Waals surface area contributed by atoms with E-state index in [9.17, 15) is 14.4 Å². The average Bonchev–Trinajstić information content (AvgIpc) is 2.84. The minimum Gasteiger partial charge on any atom is -0.460 e. The van der Waals surface area contributed by atoms with Gasteiger partial charge in [0.1, 0.15) is 11.6 Å². The zero-order chi connectivity index (χ0) is 23.1. The van der Waals surface area contributed by atoms with E-state index in [4.69, 9.17) is 4.74 Å². The van der Waals surface area contributed by atoms with Crippen LogP contribution in [-0.2, 0) is 20.9 Å². The van der Waals surface area contributed by atoms with Crippen molar-refractivity contribution in [2.45, 2.75) is 96.7 Å². The number of unbranched alkanes of at least 4 members (excludes halogenated alkanes) is 4. The monoisotopic (exact) mass is 444 g/mol. The van der Waals surface area contributed by atoms with Gasteiger partial charge in [-0.3, -0.25) is 18.7 Å². The maximum absolute atomic E-state index is 13.3. The van der Waals surface area contributed by atoms with E-state index in [0.29, 0.717) is 31.6 Å². The van der Waals surface area contributed by atoms with Crippen molar-refractivity contribution in [2.24, 2.45) is 0 Å². The molecule has 0 bridgehead atoms. The second-order valence-electron chi connectivity index (χ2n) is 9.56. The molecule has 1 unspecified atom stereocenters. The summed E-state index contributed by atoms with van der Waals surface area (Å²) in [6, 6.07) is 3.22. The van der Waals surface area contributed by atoms with Crippen molar-refractivity contribution in [3.63, 3.8) is 0 Å². The van der Waals surface area contributed by atoms with Crippen molar-refractivity contribution in [3.05, 3.63) is 28.8 Å². The van der Waals surface area contributed by atoms with Crippen molar-refractivity contribution in [3.8, 4) is 0 Å². The van der Waals surface area contributed by atoms with E-state index in [1.807, 2.05) is 32.9 Å². The Morgan fingerprint density at radius 1 is 1.16 bits per heavy atom. The number of nitrogens with zero attached hydrogens (tertiary/aromatic N) is 3. The van der Waals surface area contributed by atoms with Gasteiger partial charge in [-0.15, -0.1) is 0 Å². The Kier molecular flexibility index (Phi) is 8.10. The van der Waals surface area contributed by atoms with Crippen LogP contribution in [0.25, 0.3) is 11.2 Å². The number of imidazole rings is 1. The minimum absolute atomic E-state index is 0.0979. The van der Waals surface area contributed by atoms with Gasteiger partial charge < -0.3 is 10.1 Å². The Morgan fingerprint density at radius 3 is 2.69 bits per heavy atom. The molecular weight excluding hydrogens is 408 g/mol. The number of carbonyl (C=O) groups is 2. The van der Waals surface area contributed by atoms with Gasteiger partial charge in [-0.25, -0.2) is 9.78 Å². The second-order valence-corrected chi connectivity index (χ2v) is 9.56. The molecule has 2 aromatic heterocycles. The Balaban J connectivity index is 1.57. The molecule has 1 aliphatic heterocycles. The highest BCUT2D eigenvalue weighted by Crippen LogP contribution is 2.22. The zero-order valence-electron chi connectivity index (χ0n) is 19.6. The van der Waals surface area contributed by atoms with E-state index in [0.717, 1.165) is 50.5 Å². The molecule has 176 valence electrons. The molecule has 3 rings (SSSR count). The summed E-state index contributed by atoms with van der Waals surface area (Å²) in [4.78, 5) is 42.0. The molecule has 1 N–H and O–H groups in total. The van der Waals surface area contributed by atoms with Crippen LogP contribution in [0.3, 0.4) is 0 Å². The number of hydrogen-bond acceptors (Lipinski definition) is 5. The van der Waals surface area contributed by atoms with E-state index in [1.54, 1.807) is 15.3 Å². The number of pyridine rings is 1. The van der Waals surface area contributed by atoms with Crippen molar-refractivity contribution in [2.75, 3.05) is 6.54 Å². The van der Waals surface area contributed by atoms with Crippen LogP contribution in [0.1, 0.15) is 84.6 Å². The van der Waals surface area contributed by atoms with Crippen molar-refractivity contribution in [1.29, 1.82) is 0 Å². The lowest BCUT2D eigenvalue weighted by molar-refractivity contribution is -0.154. The number of fused-ring (bicyclic) bond motifs is 1. The third-order valence-corrected chi connectivity index (χ3v) is 5.72. The quantitative estimate of drug-likeness (QED) is 0.470. The highest BCUT2D eigenvalue weighted by molar-refractivity contribution is 5.83. The van der Waals surface area contributed by atoms with Crippen molar-refractivity contribution < 1.29 is 14.3 Å². The molecule has 0 aromatic carbocycles. The lowest BCUT2D eigenvalue weighted by Gasteiger charge is -2.19. The molecule has 2 aromatic rings. The van der Waals surface area contributed by atoms with Gasteiger partial charge in [0.25, 0.3) is 0 Å². The molecule has 1 fully saturated rings. The summed E-state index contributed by atoms with van der Waals surface area (Å²) in [5, 5.41) is 2.92. The first-order valence-electron chi connectivity index (χ1n) is 11.8. The standard InChI is InChI=1S/C24H36N4O4/c1-24(2,3)32-20(29)14-7-5-4-6-10-17-27-18-13-11-16-25-21(18)28(23(27)31)19-12-8-9-15-26-22(19)30/h11,13,16,19H,4-10,12,14-15,17H2,1-3H3,(H,26,30). The number of aryl methyl sites for hydroxylation is 1. The molecule has 0 radical (unpaired) electrons. The Morgan fingerprint density at radius 2 is 1.91 bits per heavy atom. The number of rotatable bonds is 9. The highest BCUT2D eigenvalue weighted by atomic mass is 16.6. The largest absolute Gasteiger partial charge is 0.460 e. The smallest absolute Gasteiger partial charge is 0.331 e. The maximum Gasteiger partial charge on any atom is 0.331 e. The van der Waals surface area contributed by atoms with Gasteiger partial charge in [0.05, 0.1) is 5.52 Å². The molecule has 8 nitrogen and oxygen atoms in total. The summed E-state index contributed by atoms with van der Waals surface area (Å²) in [5.41, 5.74) is 0.762. The molecular formula is C24H36N4O4. The van der Waals surface area contributed by atoms with Crippen molar-refractivity contribution >= 4 is 23.0 Å². The first-order valence-corrected chi connectivity index (χ1v) is 11.8. The molecule has 0 saturated carbocycles. The number of esters is 1. The zero-order valence-corrected chi connectivity index (χ0v) is 19.6. The van der Waals surface area contributed by atoms with Gasteiger partial charge in [-0.1, -0.05) is 19.3 Å². The molecule has 0 spiro atoms. The summed E-state index contributed by atoms with van der Waals surface area (Å²) in [5.74, 6) is -0.244. The van der Waals surface area contributed by atoms with Crippen LogP contribution in [0, 0.1) is 0 Å². The van der Waals surface area contributed by atoms with Crippen molar-refractivity contribution in [1.82, 2.24) is 19.4 Å². The molecule has 0 aliphatic carbocycles. The SMILES string of the molecule is CC(C)(C)OC(=O)CCCCCCCn1c(=O)n(C2CCCCNC2=O)c2ncccc21. The molecule has 1 atom stereocenters. The summed E-state index contributed by atoms with van der Waals surface area (Å²) in [7, 11) is 0. The Labute approximate surface area is 189 Å². The van der Waals surface area contributed by atoms with Crippen LogP contribution in [-0.4, -0.2) is 38.1 Å². The minimum atomic E-state index is -0.503. The Bertz CT molecular complexity index is 986. The van der Waals surface area contributed by atoms with Crippen LogP contribution in [0.15, 0.2) is 23.1 Å². The predicted molar refractivity (Wildman–Crippen MR) is 123 cm³/mol. The number of amides is 1. The third kappa shape index (κ3) is 6.20. The summed E-state index contributed by atoms with van der Waals surface area (Å²) >= 11 is 0. The van der Waals surface area contributed by atoms with Gasteiger partial charge in [-0.2, -0.15) is 0 Å².